The molecule has 1 heterocycles. The van der Waals surface area contributed by atoms with Crippen molar-refractivity contribution in [2.24, 2.45) is 0 Å². The highest BCUT2D eigenvalue weighted by Gasteiger charge is 2.14. The molecule has 7 rings (SSSR count). The van der Waals surface area contributed by atoms with Gasteiger partial charge in [-0.2, -0.15) is 0 Å². The summed E-state index contributed by atoms with van der Waals surface area (Å²) in [5, 5.41) is 10.7. The van der Waals surface area contributed by atoms with E-state index in [4.69, 9.17) is 0 Å². The van der Waals surface area contributed by atoms with E-state index in [9.17, 15) is 0 Å². The van der Waals surface area contributed by atoms with E-state index in [0.29, 0.717) is 0 Å². The van der Waals surface area contributed by atoms with E-state index in [1.54, 1.807) is 0 Å². The normalized spacial score (nSPS) is 11.9. The topological polar surface area (TPSA) is 4.93 Å². The summed E-state index contributed by atoms with van der Waals surface area (Å²) in [5.74, 6) is 0. The van der Waals surface area contributed by atoms with Gasteiger partial charge in [-0.25, -0.2) is 0 Å². The minimum atomic E-state index is 0.923. The van der Waals surface area contributed by atoms with Crippen LogP contribution in [0.4, 0.5) is 0 Å². The lowest BCUT2D eigenvalue weighted by atomic mass is 9.91. The molecule has 0 saturated heterocycles. The van der Waals surface area contributed by atoms with E-state index in [1.807, 2.05) is 0 Å². The Morgan fingerprint density at radius 1 is 0.500 bits per heavy atom. The molecule has 0 bridgehead atoms. The van der Waals surface area contributed by atoms with E-state index in [1.165, 1.54) is 65.3 Å². The molecule has 0 amide bonds. The molecule has 1 heteroatoms. The molecule has 0 aliphatic heterocycles. The van der Waals surface area contributed by atoms with Crippen LogP contribution >= 0.6 is 0 Å². The zero-order valence-electron chi connectivity index (χ0n) is 19.3. The van der Waals surface area contributed by atoms with Crippen LogP contribution in [-0.4, -0.2) is 4.57 Å². The third-order valence-corrected chi connectivity index (χ3v) is 7.40. The Hall–Kier alpha value is -4.10. The molecule has 0 N–H and O–H groups in total. The van der Waals surface area contributed by atoms with Crippen LogP contribution in [0.25, 0.3) is 54.1 Å². The number of rotatable bonds is 3. The SMILES string of the molecule is CCn1c2ccccc2c2c(Cc3ccc4c5ccccc5c5ccccc5c4c3)cccc21. The lowest BCUT2D eigenvalue weighted by Crippen LogP contribution is -1.94. The average Bonchev–Trinajstić information content (AvgIpc) is 3.23. The molecule has 1 nitrogen and oxygen atoms in total. The predicted octanol–water partition coefficient (Wildman–Crippen LogP) is 8.86. The van der Waals surface area contributed by atoms with E-state index in [0.717, 1.165) is 13.0 Å². The third-order valence-electron chi connectivity index (χ3n) is 7.40. The van der Waals surface area contributed by atoms with Crippen molar-refractivity contribution in [1.82, 2.24) is 4.57 Å². The van der Waals surface area contributed by atoms with Crippen molar-refractivity contribution < 1.29 is 0 Å². The van der Waals surface area contributed by atoms with Crippen LogP contribution in [0, 0.1) is 0 Å². The average molecular weight is 436 g/mol. The van der Waals surface area contributed by atoms with Crippen LogP contribution in [0.2, 0.25) is 0 Å². The van der Waals surface area contributed by atoms with Crippen molar-refractivity contribution in [3.8, 4) is 0 Å². The minimum Gasteiger partial charge on any atom is -0.341 e. The molecule has 6 aromatic carbocycles. The Balaban J connectivity index is 1.47. The van der Waals surface area contributed by atoms with Gasteiger partial charge in [0.15, 0.2) is 0 Å². The summed E-state index contributed by atoms with van der Waals surface area (Å²) in [6, 6.07) is 40.3. The quantitative estimate of drug-likeness (QED) is 0.244. The van der Waals surface area contributed by atoms with Gasteiger partial charge in [0.05, 0.1) is 0 Å². The fourth-order valence-corrected chi connectivity index (χ4v) is 5.95. The number of fused-ring (bicyclic) bond motifs is 9. The van der Waals surface area contributed by atoms with Crippen LogP contribution < -0.4 is 0 Å². The van der Waals surface area contributed by atoms with Crippen LogP contribution in [0.5, 0.6) is 0 Å². The van der Waals surface area contributed by atoms with Crippen LogP contribution in [0.15, 0.2) is 109 Å². The standard InChI is InChI=1S/C33H25N/c1-2-34-31-16-8-7-15-29(31)33-23(10-9-17-32(33)34)20-22-18-19-28-26-13-4-3-11-24(26)25-12-5-6-14-27(25)30(28)21-22/h3-19,21H,2,20H2,1H3. The first-order valence-electron chi connectivity index (χ1n) is 12.1. The van der Waals surface area contributed by atoms with Gasteiger partial charge in [-0.1, -0.05) is 97.1 Å². The fourth-order valence-electron chi connectivity index (χ4n) is 5.95. The molecular formula is C33H25N. The molecule has 0 saturated carbocycles. The second-order valence-electron chi connectivity index (χ2n) is 9.22. The maximum absolute atomic E-state index is 2.44. The largest absolute Gasteiger partial charge is 0.341 e. The molecule has 0 fully saturated rings. The van der Waals surface area contributed by atoms with Gasteiger partial charge in [-0.05, 0) is 68.9 Å². The highest BCUT2D eigenvalue weighted by Crippen LogP contribution is 2.37. The molecule has 0 spiro atoms. The monoisotopic (exact) mass is 435 g/mol. The molecule has 0 atom stereocenters. The minimum absolute atomic E-state index is 0.923. The van der Waals surface area contributed by atoms with Gasteiger partial charge >= 0.3 is 0 Å². The number of benzene rings is 6. The summed E-state index contributed by atoms with van der Waals surface area (Å²) in [6.07, 6.45) is 0.923. The number of nitrogens with zero attached hydrogens (tertiary/aromatic N) is 1. The van der Waals surface area contributed by atoms with E-state index >= 15 is 0 Å². The van der Waals surface area contributed by atoms with Crippen LogP contribution in [0.3, 0.4) is 0 Å². The van der Waals surface area contributed by atoms with Crippen molar-refractivity contribution in [3.05, 3.63) is 120 Å². The number of aromatic nitrogens is 1. The highest BCUT2D eigenvalue weighted by molar-refractivity contribution is 6.25. The molecule has 1 aromatic heterocycles. The Kier molecular flexibility index (Phi) is 4.25. The summed E-state index contributed by atoms with van der Waals surface area (Å²) in [7, 11) is 0. The zero-order chi connectivity index (χ0) is 22.6. The predicted molar refractivity (Wildman–Crippen MR) is 147 cm³/mol. The second-order valence-corrected chi connectivity index (χ2v) is 9.22. The van der Waals surface area contributed by atoms with Crippen molar-refractivity contribution in [2.45, 2.75) is 19.9 Å². The second kappa shape index (κ2) is 7.46. The first kappa shape index (κ1) is 19.4. The number of hydrogen-bond acceptors (Lipinski definition) is 0. The van der Waals surface area contributed by atoms with Crippen LogP contribution in [-0.2, 0) is 13.0 Å². The number of hydrogen-bond donors (Lipinski definition) is 0. The van der Waals surface area contributed by atoms with Gasteiger partial charge in [0.25, 0.3) is 0 Å². The molecule has 7 aromatic rings. The Bertz CT molecular complexity index is 1830. The fraction of sp³-hybridized carbons (Fsp3) is 0.0909. The number of para-hydroxylation sites is 1. The summed E-state index contributed by atoms with van der Waals surface area (Å²) < 4.78 is 2.44. The molecule has 162 valence electrons. The zero-order valence-corrected chi connectivity index (χ0v) is 19.3. The first-order valence-corrected chi connectivity index (χ1v) is 12.1. The molecule has 0 unspecified atom stereocenters. The van der Waals surface area contributed by atoms with Gasteiger partial charge < -0.3 is 4.57 Å². The van der Waals surface area contributed by atoms with Crippen molar-refractivity contribution >= 4 is 54.1 Å². The van der Waals surface area contributed by atoms with Gasteiger partial charge in [-0.3, -0.25) is 0 Å². The lowest BCUT2D eigenvalue weighted by Gasteiger charge is -2.12. The molecule has 0 aliphatic carbocycles. The maximum atomic E-state index is 2.44. The Morgan fingerprint density at radius 2 is 1.06 bits per heavy atom. The Morgan fingerprint density at radius 3 is 1.74 bits per heavy atom. The van der Waals surface area contributed by atoms with E-state index < -0.39 is 0 Å². The molecular weight excluding hydrogens is 410 g/mol. The third kappa shape index (κ3) is 2.74. The summed E-state index contributed by atoms with van der Waals surface area (Å²) in [5.41, 5.74) is 5.40. The van der Waals surface area contributed by atoms with E-state index in [2.05, 4.69) is 121 Å². The summed E-state index contributed by atoms with van der Waals surface area (Å²) in [4.78, 5) is 0. The van der Waals surface area contributed by atoms with E-state index in [-0.39, 0.29) is 0 Å². The molecule has 34 heavy (non-hydrogen) atoms. The highest BCUT2D eigenvalue weighted by atomic mass is 15.0. The first-order chi connectivity index (χ1) is 16.8. The molecule has 0 radical (unpaired) electrons. The van der Waals surface area contributed by atoms with Gasteiger partial charge in [0.1, 0.15) is 0 Å². The van der Waals surface area contributed by atoms with Gasteiger partial charge in [0, 0.05) is 28.4 Å². The lowest BCUT2D eigenvalue weighted by molar-refractivity contribution is 0.827. The smallest absolute Gasteiger partial charge is 0.0494 e. The van der Waals surface area contributed by atoms with Crippen molar-refractivity contribution in [1.29, 1.82) is 0 Å². The van der Waals surface area contributed by atoms with Gasteiger partial charge in [0.2, 0.25) is 0 Å². The van der Waals surface area contributed by atoms with Gasteiger partial charge in [-0.15, -0.1) is 0 Å². The molecule has 0 aliphatic rings. The van der Waals surface area contributed by atoms with Crippen LogP contribution in [0.1, 0.15) is 18.1 Å². The summed E-state index contributed by atoms with van der Waals surface area (Å²) >= 11 is 0. The van der Waals surface area contributed by atoms with Crippen molar-refractivity contribution in [2.75, 3.05) is 0 Å². The maximum Gasteiger partial charge on any atom is 0.0494 e. The number of aryl methyl sites for hydroxylation is 1. The van der Waals surface area contributed by atoms with Crippen molar-refractivity contribution in [3.63, 3.8) is 0 Å². The summed E-state index contributed by atoms with van der Waals surface area (Å²) in [6.45, 7) is 3.21. The Labute approximate surface area is 198 Å².